The number of nitrogens with zero attached hydrogens (tertiary/aromatic N) is 5. The van der Waals surface area contributed by atoms with Crippen molar-refractivity contribution in [3.63, 3.8) is 0 Å². The van der Waals surface area contributed by atoms with Crippen LogP contribution in [0.5, 0.6) is 0 Å². The van der Waals surface area contributed by atoms with Gasteiger partial charge in [-0.2, -0.15) is 0 Å². The highest BCUT2D eigenvalue weighted by Gasteiger charge is 2.33. The summed E-state index contributed by atoms with van der Waals surface area (Å²) in [7, 11) is 0. The zero-order valence-corrected chi connectivity index (χ0v) is 19.0. The SMILES string of the molecule is O=C(O)c1ccc2c([C@H](C(=O)O)N3CCN(c4ncccn4)CC3)cn(Cc3ccccc3)c2c1. The molecule has 2 N–H and O–H groups in total. The molecule has 1 aliphatic rings. The van der Waals surface area contributed by atoms with Crippen LogP contribution in [0.15, 0.2) is 73.2 Å². The first-order valence-electron chi connectivity index (χ1n) is 11.4. The van der Waals surface area contributed by atoms with Crippen molar-refractivity contribution in [1.29, 1.82) is 0 Å². The normalized spacial score (nSPS) is 15.3. The van der Waals surface area contributed by atoms with E-state index in [-0.39, 0.29) is 5.56 Å². The van der Waals surface area contributed by atoms with Crippen molar-refractivity contribution >= 4 is 28.8 Å². The quantitative estimate of drug-likeness (QED) is 0.423. The maximum Gasteiger partial charge on any atom is 0.335 e. The van der Waals surface area contributed by atoms with Crippen molar-refractivity contribution in [2.75, 3.05) is 31.1 Å². The molecule has 0 amide bonds. The van der Waals surface area contributed by atoms with Gasteiger partial charge in [0.15, 0.2) is 0 Å². The monoisotopic (exact) mass is 471 g/mol. The summed E-state index contributed by atoms with van der Waals surface area (Å²) in [5.41, 5.74) is 2.57. The second-order valence-electron chi connectivity index (χ2n) is 8.55. The molecule has 3 heterocycles. The Hall–Kier alpha value is -4.24. The molecule has 1 fully saturated rings. The van der Waals surface area contributed by atoms with E-state index in [1.807, 2.05) is 50.9 Å². The van der Waals surface area contributed by atoms with Gasteiger partial charge in [-0.15, -0.1) is 0 Å². The third-order valence-corrected chi connectivity index (χ3v) is 6.40. The minimum Gasteiger partial charge on any atom is -0.480 e. The minimum atomic E-state index is -1.02. The fourth-order valence-corrected chi connectivity index (χ4v) is 4.70. The van der Waals surface area contributed by atoms with Gasteiger partial charge >= 0.3 is 11.9 Å². The Bertz CT molecular complexity index is 1350. The van der Waals surface area contributed by atoms with Gasteiger partial charge in [0.1, 0.15) is 6.04 Å². The molecule has 178 valence electrons. The summed E-state index contributed by atoms with van der Waals surface area (Å²) in [6.45, 7) is 2.80. The van der Waals surface area contributed by atoms with Crippen molar-refractivity contribution in [2.24, 2.45) is 0 Å². The van der Waals surface area contributed by atoms with E-state index in [2.05, 4.69) is 9.97 Å². The lowest BCUT2D eigenvalue weighted by atomic mass is 10.0. The van der Waals surface area contributed by atoms with E-state index in [0.717, 1.165) is 10.9 Å². The predicted molar refractivity (Wildman–Crippen MR) is 131 cm³/mol. The minimum absolute atomic E-state index is 0.166. The van der Waals surface area contributed by atoms with Crippen LogP contribution in [0.1, 0.15) is 27.5 Å². The smallest absolute Gasteiger partial charge is 0.335 e. The Morgan fingerprint density at radius 2 is 1.63 bits per heavy atom. The van der Waals surface area contributed by atoms with Crippen LogP contribution in [-0.2, 0) is 11.3 Å². The van der Waals surface area contributed by atoms with Crippen LogP contribution in [0.3, 0.4) is 0 Å². The molecular weight excluding hydrogens is 446 g/mol. The first-order valence-corrected chi connectivity index (χ1v) is 11.4. The van der Waals surface area contributed by atoms with Gasteiger partial charge in [-0.25, -0.2) is 14.8 Å². The largest absolute Gasteiger partial charge is 0.480 e. The van der Waals surface area contributed by atoms with Gasteiger partial charge in [0.2, 0.25) is 5.95 Å². The second-order valence-corrected chi connectivity index (χ2v) is 8.55. The molecule has 1 atom stereocenters. The summed E-state index contributed by atoms with van der Waals surface area (Å²) in [6.07, 6.45) is 5.25. The van der Waals surface area contributed by atoms with E-state index >= 15 is 0 Å². The van der Waals surface area contributed by atoms with Crippen LogP contribution in [-0.4, -0.2) is 67.8 Å². The first kappa shape index (κ1) is 22.5. The van der Waals surface area contributed by atoms with Crippen LogP contribution in [0.25, 0.3) is 10.9 Å². The number of hydrogen-bond donors (Lipinski definition) is 2. The number of carboxylic acids is 2. The van der Waals surface area contributed by atoms with Gasteiger partial charge < -0.3 is 19.7 Å². The molecule has 9 heteroatoms. The molecule has 1 aliphatic heterocycles. The van der Waals surface area contributed by atoms with Crippen LogP contribution < -0.4 is 4.90 Å². The summed E-state index contributed by atoms with van der Waals surface area (Å²) < 4.78 is 1.94. The van der Waals surface area contributed by atoms with Crippen LogP contribution in [0.2, 0.25) is 0 Å². The summed E-state index contributed by atoms with van der Waals surface area (Å²) >= 11 is 0. The molecule has 35 heavy (non-hydrogen) atoms. The third-order valence-electron chi connectivity index (χ3n) is 6.40. The summed E-state index contributed by atoms with van der Waals surface area (Å²) in [5, 5.41) is 20.5. The molecule has 0 spiro atoms. The number of carboxylic acid groups (broad SMARTS) is 2. The molecule has 2 aromatic carbocycles. The van der Waals surface area contributed by atoms with Gasteiger partial charge in [0.25, 0.3) is 0 Å². The molecule has 0 saturated carbocycles. The number of aromatic nitrogens is 3. The van der Waals surface area contributed by atoms with Gasteiger partial charge in [-0.05, 0) is 23.8 Å². The van der Waals surface area contributed by atoms with Crippen LogP contribution >= 0.6 is 0 Å². The number of anilines is 1. The standard InChI is InChI=1S/C26H25N5O4/c32-24(33)19-7-8-20-21(17-31(22(20)15-19)16-18-5-2-1-3-6-18)23(25(34)35)29-11-13-30(14-12-29)26-27-9-4-10-28-26/h1-10,15,17,23H,11-14,16H2,(H,32,33)(H,34,35)/t23-/m1/s1. The Labute approximate surface area is 201 Å². The lowest BCUT2D eigenvalue weighted by Gasteiger charge is -2.37. The maximum absolute atomic E-state index is 12.6. The fourth-order valence-electron chi connectivity index (χ4n) is 4.70. The number of aromatic carboxylic acids is 1. The van der Waals surface area contributed by atoms with Gasteiger partial charge in [-0.3, -0.25) is 9.69 Å². The average molecular weight is 472 g/mol. The number of rotatable bonds is 7. The molecule has 0 aliphatic carbocycles. The van der Waals surface area contributed by atoms with Crippen molar-refractivity contribution in [1.82, 2.24) is 19.4 Å². The van der Waals surface area contributed by atoms with Crippen LogP contribution in [0.4, 0.5) is 5.95 Å². The van der Waals surface area contributed by atoms with Gasteiger partial charge in [-0.1, -0.05) is 36.4 Å². The maximum atomic E-state index is 12.6. The number of piperazine rings is 1. The summed E-state index contributed by atoms with van der Waals surface area (Å²) in [5.74, 6) is -1.31. The molecule has 0 unspecified atom stereocenters. The molecular formula is C26H25N5O4. The molecule has 4 aromatic rings. The van der Waals surface area contributed by atoms with E-state index in [9.17, 15) is 19.8 Å². The van der Waals surface area contributed by atoms with Crippen molar-refractivity contribution in [3.8, 4) is 0 Å². The Balaban J connectivity index is 1.50. The van der Waals surface area contributed by atoms with Crippen LogP contribution in [0, 0.1) is 0 Å². The molecule has 9 nitrogen and oxygen atoms in total. The number of carbonyl (C=O) groups is 2. The van der Waals surface area contributed by atoms with Crippen molar-refractivity contribution in [2.45, 2.75) is 12.6 Å². The third kappa shape index (κ3) is 4.58. The number of aliphatic carboxylic acids is 1. The van der Waals surface area contributed by atoms with Crippen molar-refractivity contribution in [3.05, 3.63) is 89.9 Å². The summed E-state index contributed by atoms with van der Waals surface area (Å²) in [4.78, 5) is 36.8. The van der Waals surface area contributed by atoms with Gasteiger partial charge in [0, 0.05) is 67.8 Å². The highest BCUT2D eigenvalue weighted by Crippen LogP contribution is 2.33. The molecule has 0 bridgehead atoms. The van der Waals surface area contributed by atoms with E-state index in [1.165, 1.54) is 6.07 Å². The zero-order chi connectivity index (χ0) is 24.4. The van der Waals surface area contributed by atoms with Gasteiger partial charge in [0.05, 0.1) is 5.56 Å². The number of fused-ring (bicyclic) bond motifs is 1. The lowest BCUT2D eigenvalue weighted by Crippen LogP contribution is -2.49. The molecule has 5 rings (SSSR count). The second kappa shape index (κ2) is 9.55. The first-order chi connectivity index (χ1) is 17.0. The van der Waals surface area contributed by atoms with E-state index in [1.54, 1.807) is 30.6 Å². The Morgan fingerprint density at radius 1 is 0.914 bits per heavy atom. The highest BCUT2D eigenvalue weighted by molar-refractivity contribution is 5.96. The van der Waals surface area contributed by atoms with Crippen molar-refractivity contribution < 1.29 is 19.8 Å². The fraction of sp³-hybridized carbons (Fsp3) is 0.231. The topological polar surface area (TPSA) is 112 Å². The van der Waals surface area contributed by atoms with E-state index < -0.39 is 18.0 Å². The molecule has 1 saturated heterocycles. The van der Waals surface area contributed by atoms with E-state index in [4.69, 9.17) is 0 Å². The highest BCUT2D eigenvalue weighted by atomic mass is 16.4. The molecule has 2 aromatic heterocycles. The summed E-state index contributed by atoms with van der Waals surface area (Å²) in [6, 6.07) is 15.6. The molecule has 0 radical (unpaired) electrons. The zero-order valence-electron chi connectivity index (χ0n) is 19.0. The predicted octanol–water partition coefficient (Wildman–Crippen LogP) is 3.13. The lowest BCUT2D eigenvalue weighted by molar-refractivity contribution is -0.143. The number of hydrogen-bond acceptors (Lipinski definition) is 6. The average Bonchev–Trinajstić information content (AvgIpc) is 3.22. The number of benzene rings is 2. The Morgan fingerprint density at radius 3 is 2.29 bits per heavy atom. The Kier molecular flexibility index (Phi) is 6.15. The van der Waals surface area contributed by atoms with E-state index in [0.29, 0.717) is 49.8 Å².